The highest BCUT2D eigenvalue weighted by Crippen LogP contribution is 2.24. The molecular weight excluding hydrogens is 532 g/mol. The lowest BCUT2D eigenvalue weighted by molar-refractivity contribution is -0.159. The van der Waals surface area contributed by atoms with Crippen molar-refractivity contribution in [3.05, 3.63) is 48.5 Å². The van der Waals surface area contributed by atoms with Crippen LogP contribution in [0, 0.1) is 0 Å². The Balaban J connectivity index is 0.000000696. The molecule has 13 heteroatoms. The summed E-state index contributed by atoms with van der Waals surface area (Å²) in [4.78, 5) is 51.8. The first-order valence-corrected chi connectivity index (χ1v) is 13.3. The van der Waals surface area contributed by atoms with Crippen LogP contribution in [0.1, 0.15) is 0 Å². The molecule has 0 unspecified atom stereocenters. The molecular formula is C28H38N6O7. The van der Waals surface area contributed by atoms with Crippen LogP contribution in [-0.2, 0) is 19.2 Å². The molecule has 2 aliphatic rings. The van der Waals surface area contributed by atoms with Crippen molar-refractivity contribution in [1.82, 2.24) is 19.6 Å². The summed E-state index contributed by atoms with van der Waals surface area (Å²) in [6, 6.07) is 14.7. The molecule has 2 saturated heterocycles. The number of likely N-dealkylation sites (N-methyl/N-ethyl adjacent to an activating group) is 2. The van der Waals surface area contributed by atoms with E-state index in [0.29, 0.717) is 24.6 Å². The fourth-order valence-corrected chi connectivity index (χ4v) is 4.17. The maximum absolute atomic E-state index is 12.3. The summed E-state index contributed by atoms with van der Waals surface area (Å²) in [7, 11) is 4.20. The minimum atomic E-state index is -1.82. The topological polar surface area (TPSA) is 155 Å². The van der Waals surface area contributed by atoms with Crippen LogP contribution in [0.15, 0.2) is 48.5 Å². The minimum absolute atomic E-state index is 0.00604. The van der Waals surface area contributed by atoms with E-state index >= 15 is 0 Å². The minimum Gasteiger partial charge on any atom is -0.473 e. The third-order valence-corrected chi connectivity index (χ3v) is 6.62. The Kier molecular flexibility index (Phi) is 12.0. The number of carbonyl (C=O) groups excluding carboxylic acids is 2. The molecule has 2 heterocycles. The molecule has 0 saturated carbocycles. The fourth-order valence-electron chi connectivity index (χ4n) is 4.17. The number of carbonyl (C=O) groups is 4. The number of hydrogen-bond acceptors (Lipinski definition) is 9. The van der Waals surface area contributed by atoms with Crippen LogP contribution in [0.2, 0.25) is 0 Å². The van der Waals surface area contributed by atoms with Gasteiger partial charge < -0.3 is 35.4 Å². The van der Waals surface area contributed by atoms with Crippen LogP contribution < -0.4 is 15.4 Å². The van der Waals surface area contributed by atoms with Crippen molar-refractivity contribution >= 4 is 35.1 Å². The third-order valence-electron chi connectivity index (χ3n) is 6.62. The second kappa shape index (κ2) is 15.7. The highest BCUT2D eigenvalue weighted by atomic mass is 16.5. The van der Waals surface area contributed by atoms with Gasteiger partial charge in [-0.25, -0.2) is 9.59 Å². The summed E-state index contributed by atoms with van der Waals surface area (Å²) in [5, 5.41) is 20.7. The van der Waals surface area contributed by atoms with E-state index in [9.17, 15) is 9.59 Å². The van der Waals surface area contributed by atoms with E-state index in [1.807, 2.05) is 48.5 Å². The van der Waals surface area contributed by atoms with Gasteiger partial charge in [-0.3, -0.25) is 19.4 Å². The molecule has 4 N–H and O–H groups in total. The Labute approximate surface area is 239 Å². The van der Waals surface area contributed by atoms with Crippen molar-refractivity contribution < 1.29 is 34.1 Å². The van der Waals surface area contributed by atoms with Crippen LogP contribution in [-0.4, -0.2) is 133 Å². The average molecular weight is 571 g/mol. The molecule has 0 aliphatic carbocycles. The second-order valence-electron chi connectivity index (χ2n) is 10.0. The molecule has 2 fully saturated rings. The molecule has 0 radical (unpaired) electrons. The lowest BCUT2D eigenvalue weighted by Gasteiger charge is -2.31. The number of hydrogen-bond donors (Lipinski definition) is 4. The number of amides is 2. The number of rotatable bonds is 8. The van der Waals surface area contributed by atoms with E-state index in [2.05, 4.69) is 44.3 Å². The Morgan fingerprint density at radius 2 is 0.927 bits per heavy atom. The number of piperazine rings is 2. The van der Waals surface area contributed by atoms with Gasteiger partial charge >= 0.3 is 11.9 Å². The van der Waals surface area contributed by atoms with E-state index in [4.69, 9.17) is 24.5 Å². The van der Waals surface area contributed by atoms with Gasteiger partial charge in [-0.2, -0.15) is 0 Å². The van der Waals surface area contributed by atoms with Gasteiger partial charge in [0.05, 0.1) is 13.1 Å². The van der Waals surface area contributed by atoms with E-state index in [0.717, 1.165) is 63.7 Å². The quantitative estimate of drug-likeness (QED) is 0.336. The van der Waals surface area contributed by atoms with Gasteiger partial charge in [0.2, 0.25) is 11.8 Å². The first-order chi connectivity index (χ1) is 19.6. The summed E-state index contributed by atoms with van der Waals surface area (Å²) >= 11 is 0. The van der Waals surface area contributed by atoms with Crippen LogP contribution >= 0.6 is 0 Å². The predicted octanol–water partition coefficient (Wildman–Crippen LogP) is 1.01. The van der Waals surface area contributed by atoms with E-state index in [-0.39, 0.29) is 11.8 Å². The first kappa shape index (κ1) is 31.5. The van der Waals surface area contributed by atoms with Crippen LogP contribution in [0.5, 0.6) is 11.5 Å². The summed E-state index contributed by atoms with van der Waals surface area (Å²) in [6.07, 6.45) is 0. The highest BCUT2D eigenvalue weighted by molar-refractivity contribution is 6.27. The SMILES string of the molecule is CN1CCN(CC(=O)Nc2ccc(Oc3ccc(NC(=O)CN4CCN(C)CC4)cc3)cc2)CC1.O=C(O)C(=O)O. The molecule has 4 rings (SSSR count). The third kappa shape index (κ3) is 11.5. The standard InChI is InChI=1S/C26H36N6O3.C2H2O4/c1-29-11-15-31(16-12-29)19-25(33)27-21-3-7-23(8-4-21)35-24-9-5-22(6-10-24)28-26(34)20-32-17-13-30(2)14-18-32;3-1(4)2(5)6/h3-10H,11-20H2,1-2H3,(H,27,33)(H,28,34);(H,3,4)(H,5,6). The van der Waals surface area contributed by atoms with E-state index in [1.54, 1.807) is 0 Å². The number of carboxylic acid groups (broad SMARTS) is 2. The van der Waals surface area contributed by atoms with Crippen molar-refractivity contribution in [2.75, 3.05) is 90.2 Å². The largest absolute Gasteiger partial charge is 0.473 e. The zero-order chi connectivity index (χ0) is 29.8. The number of nitrogens with zero attached hydrogens (tertiary/aromatic N) is 4. The molecule has 2 aliphatic heterocycles. The zero-order valence-electron chi connectivity index (χ0n) is 23.4. The van der Waals surface area contributed by atoms with Crippen molar-refractivity contribution in [2.45, 2.75) is 0 Å². The molecule has 41 heavy (non-hydrogen) atoms. The van der Waals surface area contributed by atoms with Crippen LogP contribution in [0.25, 0.3) is 0 Å². The van der Waals surface area contributed by atoms with Gasteiger partial charge in [0.25, 0.3) is 0 Å². The Hall–Kier alpha value is -4.04. The average Bonchev–Trinajstić information content (AvgIpc) is 2.94. The van der Waals surface area contributed by atoms with E-state index in [1.165, 1.54) is 0 Å². The smallest absolute Gasteiger partial charge is 0.414 e. The van der Waals surface area contributed by atoms with Gasteiger partial charge in [-0.1, -0.05) is 0 Å². The second-order valence-corrected chi connectivity index (χ2v) is 10.0. The molecule has 2 aromatic rings. The summed E-state index contributed by atoms with van der Waals surface area (Å²) in [6.45, 7) is 8.42. The van der Waals surface area contributed by atoms with Crippen LogP contribution in [0.3, 0.4) is 0 Å². The van der Waals surface area contributed by atoms with Crippen LogP contribution in [0.4, 0.5) is 11.4 Å². The molecule has 2 aromatic carbocycles. The summed E-state index contributed by atoms with van der Waals surface area (Å²) in [5.74, 6) is -2.31. The number of benzene rings is 2. The van der Waals surface area contributed by atoms with Gasteiger partial charge in [0, 0.05) is 63.7 Å². The number of aliphatic carboxylic acids is 2. The lowest BCUT2D eigenvalue weighted by Crippen LogP contribution is -2.47. The molecule has 0 aromatic heterocycles. The molecule has 222 valence electrons. The van der Waals surface area contributed by atoms with Crippen molar-refractivity contribution in [3.63, 3.8) is 0 Å². The Morgan fingerprint density at radius 3 is 1.22 bits per heavy atom. The number of ether oxygens (including phenoxy) is 1. The molecule has 0 atom stereocenters. The molecule has 2 amide bonds. The Morgan fingerprint density at radius 1 is 0.610 bits per heavy atom. The normalized spacial score (nSPS) is 16.6. The van der Waals surface area contributed by atoms with E-state index < -0.39 is 11.9 Å². The number of carboxylic acids is 2. The number of anilines is 2. The predicted molar refractivity (Wildman–Crippen MR) is 153 cm³/mol. The van der Waals surface area contributed by atoms with Gasteiger partial charge in [0.1, 0.15) is 11.5 Å². The fraction of sp³-hybridized carbons (Fsp3) is 0.429. The van der Waals surface area contributed by atoms with Gasteiger partial charge in [-0.15, -0.1) is 0 Å². The van der Waals surface area contributed by atoms with Crippen molar-refractivity contribution in [3.8, 4) is 11.5 Å². The first-order valence-electron chi connectivity index (χ1n) is 13.3. The highest BCUT2D eigenvalue weighted by Gasteiger charge is 2.17. The summed E-state index contributed by atoms with van der Waals surface area (Å²) in [5.41, 5.74) is 1.49. The monoisotopic (exact) mass is 570 g/mol. The zero-order valence-corrected chi connectivity index (χ0v) is 23.4. The summed E-state index contributed by atoms with van der Waals surface area (Å²) < 4.78 is 5.91. The van der Waals surface area contributed by atoms with Gasteiger partial charge in [0.15, 0.2) is 0 Å². The Bertz CT molecular complexity index is 1070. The van der Waals surface area contributed by atoms with Crippen molar-refractivity contribution in [1.29, 1.82) is 0 Å². The van der Waals surface area contributed by atoms with Gasteiger partial charge in [-0.05, 0) is 62.6 Å². The lowest BCUT2D eigenvalue weighted by atomic mass is 10.2. The van der Waals surface area contributed by atoms with Crippen molar-refractivity contribution in [2.24, 2.45) is 0 Å². The maximum Gasteiger partial charge on any atom is 0.414 e. The molecule has 13 nitrogen and oxygen atoms in total. The molecule has 0 bridgehead atoms. The molecule has 0 spiro atoms. The number of nitrogens with one attached hydrogen (secondary N) is 2. The maximum atomic E-state index is 12.3.